The summed E-state index contributed by atoms with van der Waals surface area (Å²) in [7, 11) is 0. The third kappa shape index (κ3) is 7.02. The van der Waals surface area contributed by atoms with Crippen LogP contribution in [0.25, 0.3) is 22.1 Å². The predicted molar refractivity (Wildman–Crippen MR) is 169 cm³/mol. The van der Waals surface area contributed by atoms with Gasteiger partial charge in [-0.05, 0) is 29.8 Å². The van der Waals surface area contributed by atoms with Crippen molar-refractivity contribution in [2.45, 2.75) is 91.9 Å². The lowest BCUT2D eigenvalue weighted by Crippen LogP contribution is -2.65. The van der Waals surface area contributed by atoms with Crippen molar-refractivity contribution in [1.82, 2.24) is 0 Å². The van der Waals surface area contributed by atoms with Gasteiger partial charge < -0.3 is 89.4 Å². The molecule has 0 radical (unpaired) electrons. The molecule has 12 N–H and O–H groups in total. The van der Waals surface area contributed by atoms with Gasteiger partial charge in [-0.3, -0.25) is 4.79 Å². The number of aliphatic hydroxyl groups excluding tert-OH is 10. The molecule has 52 heavy (non-hydrogen) atoms. The standard InChI is InChI=1S/C33H40O19/c34-7-16-21(39)24(42)27(45)33(50-16)52-30-17(8-35)51-32(28(46)26(30)44)48-10-18-22(40)23(41)25(43)31(49-18)19-15(37)6-5-13-20(38)14(9-47-29(13)19)11-1-3-12(36)4-2-11/h1-6,9,16-18,21-28,30-37,39-46H,7-8,10H2/t16-,17-,18-,21-,22-,23+,24+,25-,26-,27-,28-,30-,31-,32+,33-/m1/s1. The minimum absolute atomic E-state index is 0.0251. The zero-order valence-corrected chi connectivity index (χ0v) is 27.0. The van der Waals surface area contributed by atoms with Gasteiger partial charge in [-0.15, -0.1) is 0 Å². The highest BCUT2D eigenvalue weighted by Gasteiger charge is 2.52. The first-order valence-electron chi connectivity index (χ1n) is 16.2. The van der Waals surface area contributed by atoms with Crippen molar-refractivity contribution < 1.29 is 89.4 Å². The van der Waals surface area contributed by atoms with Crippen LogP contribution in [0.1, 0.15) is 11.7 Å². The quantitative estimate of drug-likeness (QED) is 0.0995. The number of benzene rings is 2. The van der Waals surface area contributed by atoms with Crippen LogP contribution in [0.2, 0.25) is 0 Å². The minimum atomic E-state index is -1.93. The van der Waals surface area contributed by atoms with E-state index in [2.05, 4.69) is 0 Å². The Morgan fingerprint density at radius 3 is 1.92 bits per heavy atom. The van der Waals surface area contributed by atoms with Gasteiger partial charge in [0.2, 0.25) is 5.43 Å². The van der Waals surface area contributed by atoms with Gasteiger partial charge in [0, 0.05) is 0 Å². The van der Waals surface area contributed by atoms with Gasteiger partial charge in [0.15, 0.2) is 12.6 Å². The van der Waals surface area contributed by atoms with E-state index in [1.807, 2.05) is 0 Å². The molecule has 0 saturated carbocycles. The highest BCUT2D eigenvalue weighted by molar-refractivity contribution is 5.86. The van der Waals surface area contributed by atoms with Crippen LogP contribution in [0.5, 0.6) is 11.5 Å². The SMILES string of the molecule is O=c1c(-c2ccc(O)cc2)coc2c([C@H]3O[C@H](CO[C@H]4O[C@H](CO)[C@@H](O[C@H]5O[C@H](CO)[C@@H](O)[C@H](O)[C@H]5O)[C@H](O)[C@H]4O)[C@@H](O)[C@H](O)[C@H]3O)c(O)ccc12. The first kappa shape index (κ1) is 38.4. The number of ether oxygens (including phenoxy) is 5. The summed E-state index contributed by atoms with van der Waals surface area (Å²) >= 11 is 0. The summed E-state index contributed by atoms with van der Waals surface area (Å²) in [6.45, 7) is -2.30. The molecule has 19 heteroatoms. The number of phenolic OH excluding ortho intramolecular Hbond substituents is 2. The molecule has 4 heterocycles. The van der Waals surface area contributed by atoms with E-state index in [4.69, 9.17) is 28.1 Å². The average Bonchev–Trinajstić information content (AvgIpc) is 3.13. The molecule has 3 saturated heterocycles. The Kier molecular flexibility index (Phi) is 11.5. The van der Waals surface area contributed by atoms with Crippen LogP contribution >= 0.6 is 0 Å². The number of fused-ring (bicyclic) bond motifs is 1. The molecule has 2 aromatic carbocycles. The van der Waals surface area contributed by atoms with Crippen LogP contribution in [0, 0.1) is 0 Å². The van der Waals surface area contributed by atoms with Gasteiger partial charge in [-0.1, -0.05) is 12.1 Å². The number of hydrogen-bond donors (Lipinski definition) is 12. The van der Waals surface area contributed by atoms with Gasteiger partial charge in [0.05, 0.1) is 36.3 Å². The maximum Gasteiger partial charge on any atom is 0.200 e. The Balaban J connectivity index is 1.19. The first-order chi connectivity index (χ1) is 24.8. The monoisotopic (exact) mass is 740 g/mol. The van der Waals surface area contributed by atoms with E-state index in [-0.39, 0.29) is 27.8 Å². The van der Waals surface area contributed by atoms with Crippen molar-refractivity contribution in [1.29, 1.82) is 0 Å². The van der Waals surface area contributed by atoms with E-state index in [0.29, 0.717) is 5.56 Å². The van der Waals surface area contributed by atoms with Crippen molar-refractivity contribution in [3.05, 3.63) is 58.4 Å². The molecular formula is C33H40O19. The highest BCUT2D eigenvalue weighted by Crippen LogP contribution is 2.41. The number of hydrogen-bond acceptors (Lipinski definition) is 19. The number of phenols is 2. The van der Waals surface area contributed by atoms with Crippen molar-refractivity contribution >= 4 is 11.0 Å². The van der Waals surface area contributed by atoms with E-state index in [1.54, 1.807) is 0 Å². The van der Waals surface area contributed by atoms with Crippen LogP contribution in [-0.4, -0.2) is 167 Å². The third-order valence-electron chi connectivity index (χ3n) is 9.52. The minimum Gasteiger partial charge on any atom is -0.508 e. The molecule has 19 nitrogen and oxygen atoms in total. The molecule has 6 rings (SSSR count). The smallest absolute Gasteiger partial charge is 0.200 e. The molecular weight excluding hydrogens is 700 g/mol. The Labute approximate surface area is 293 Å². The second-order valence-electron chi connectivity index (χ2n) is 12.8. The molecule has 286 valence electrons. The molecule has 3 aromatic rings. The summed E-state index contributed by atoms with van der Waals surface area (Å²) in [6, 6.07) is 8.17. The molecule has 0 spiro atoms. The molecule has 0 unspecified atom stereocenters. The van der Waals surface area contributed by atoms with Crippen molar-refractivity contribution in [3.63, 3.8) is 0 Å². The maximum atomic E-state index is 13.5. The molecule has 3 fully saturated rings. The van der Waals surface area contributed by atoms with Gasteiger partial charge in [0.1, 0.15) is 103 Å². The summed E-state index contributed by atoms with van der Waals surface area (Å²) in [6.07, 6.45) is -24.8. The van der Waals surface area contributed by atoms with E-state index in [9.17, 15) is 66.1 Å². The van der Waals surface area contributed by atoms with E-state index < -0.39 is 123 Å². The van der Waals surface area contributed by atoms with Crippen LogP contribution in [0.3, 0.4) is 0 Å². The Bertz CT molecular complexity index is 1730. The summed E-state index contributed by atoms with van der Waals surface area (Å²) in [5.74, 6) is -0.520. The Hall–Kier alpha value is -3.35. The molecule has 0 amide bonds. The zero-order chi connectivity index (χ0) is 37.6. The average molecular weight is 741 g/mol. The molecule has 15 atom stereocenters. The lowest BCUT2D eigenvalue weighted by atomic mass is 9.89. The molecule has 0 bridgehead atoms. The fourth-order valence-electron chi connectivity index (χ4n) is 6.54. The van der Waals surface area contributed by atoms with Gasteiger partial charge in [0.25, 0.3) is 0 Å². The fourth-order valence-corrected chi connectivity index (χ4v) is 6.54. The van der Waals surface area contributed by atoms with Crippen molar-refractivity contribution in [3.8, 4) is 22.6 Å². The summed E-state index contributed by atoms with van der Waals surface area (Å²) in [5, 5.41) is 125. The molecule has 3 aliphatic heterocycles. The van der Waals surface area contributed by atoms with Gasteiger partial charge >= 0.3 is 0 Å². The largest absolute Gasteiger partial charge is 0.508 e. The van der Waals surface area contributed by atoms with Crippen molar-refractivity contribution in [2.75, 3.05) is 19.8 Å². The fraction of sp³-hybridized carbons (Fsp3) is 0.545. The lowest BCUT2D eigenvalue weighted by Gasteiger charge is -2.46. The molecule has 0 aliphatic carbocycles. The number of rotatable bonds is 9. The number of aromatic hydroxyl groups is 2. The van der Waals surface area contributed by atoms with Gasteiger partial charge in [-0.2, -0.15) is 0 Å². The Morgan fingerprint density at radius 1 is 0.635 bits per heavy atom. The lowest BCUT2D eigenvalue weighted by molar-refractivity contribution is -0.362. The summed E-state index contributed by atoms with van der Waals surface area (Å²) < 4.78 is 33.6. The second-order valence-corrected chi connectivity index (χ2v) is 12.8. The highest BCUT2D eigenvalue weighted by atomic mass is 16.7. The van der Waals surface area contributed by atoms with E-state index >= 15 is 0 Å². The van der Waals surface area contributed by atoms with Crippen molar-refractivity contribution in [2.24, 2.45) is 0 Å². The maximum absolute atomic E-state index is 13.5. The normalized spacial score (nSPS) is 38.4. The molecule has 1 aromatic heterocycles. The van der Waals surface area contributed by atoms with Gasteiger partial charge in [-0.25, -0.2) is 0 Å². The topological polar surface area (TPSA) is 319 Å². The van der Waals surface area contributed by atoms with Crippen LogP contribution in [0.15, 0.2) is 51.9 Å². The third-order valence-corrected chi connectivity index (χ3v) is 9.52. The van der Waals surface area contributed by atoms with Crippen LogP contribution in [-0.2, 0) is 23.7 Å². The Morgan fingerprint density at radius 2 is 1.25 bits per heavy atom. The zero-order valence-electron chi connectivity index (χ0n) is 27.0. The van der Waals surface area contributed by atoms with E-state index in [0.717, 1.165) is 12.3 Å². The predicted octanol–water partition coefficient (Wildman–Crippen LogP) is -3.97. The second kappa shape index (κ2) is 15.6. The summed E-state index contributed by atoms with van der Waals surface area (Å²) in [5.41, 5.74) is -0.446. The first-order valence-corrected chi connectivity index (χ1v) is 16.2. The molecule has 3 aliphatic rings. The number of aliphatic hydroxyl groups is 10. The van der Waals surface area contributed by atoms with Crippen LogP contribution < -0.4 is 5.43 Å². The van der Waals surface area contributed by atoms with Crippen LogP contribution in [0.4, 0.5) is 0 Å². The summed E-state index contributed by atoms with van der Waals surface area (Å²) in [4.78, 5) is 13.5. The van der Waals surface area contributed by atoms with E-state index in [1.165, 1.54) is 30.3 Å².